The lowest BCUT2D eigenvalue weighted by atomic mass is 9.94. The molecule has 0 unspecified atom stereocenters. The number of azide groups is 1. The molecule has 0 aromatic heterocycles. The van der Waals surface area contributed by atoms with Crippen LogP contribution in [0.1, 0.15) is 20.8 Å². The Morgan fingerprint density at radius 3 is 2.50 bits per heavy atom. The first-order valence-electron chi connectivity index (χ1n) is 4.28. The van der Waals surface area contributed by atoms with Gasteiger partial charge in [0, 0.05) is 24.5 Å². The quantitative estimate of drug-likeness (QED) is 0.353. The van der Waals surface area contributed by atoms with Gasteiger partial charge in [-0.3, -0.25) is 0 Å². The zero-order chi connectivity index (χ0) is 9.19. The Labute approximate surface area is 73.2 Å². The minimum absolute atomic E-state index is 0.220. The molecule has 1 heterocycles. The van der Waals surface area contributed by atoms with Crippen LogP contribution in [0.4, 0.5) is 0 Å². The second-order valence-corrected chi connectivity index (χ2v) is 4.61. The summed E-state index contributed by atoms with van der Waals surface area (Å²) < 4.78 is 0. The Bertz CT molecular complexity index is 194. The van der Waals surface area contributed by atoms with Crippen LogP contribution >= 0.6 is 0 Å². The fourth-order valence-corrected chi connectivity index (χ4v) is 1.49. The second-order valence-electron chi connectivity index (χ2n) is 4.61. The van der Waals surface area contributed by atoms with Crippen molar-refractivity contribution in [1.29, 1.82) is 0 Å². The van der Waals surface area contributed by atoms with Crippen LogP contribution in [0.25, 0.3) is 10.4 Å². The van der Waals surface area contributed by atoms with E-state index in [4.69, 9.17) is 5.53 Å². The largest absolute Gasteiger partial charge is 0.302 e. The van der Waals surface area contributed by atoms with E-state index in [-0.39, 0.29) is 6.04 Å². The van der Waals surface area contributed by atoms with Crippen LogP contribution in [0, 0.1) is 5.41 Å². The molecule has 0 aromatic rings. The summed E-state index contributed by atoms with van der Waals surface area (Å²) in [6.07, 6.45) is 0. The molecular formula is C8H16N4. The van der Waals surface area contributed by atoms with E-state index in [0.29, 0.717) is 5.41 Å². The van der Waals surface area contributed by atoms with E-state index in [1.54, 1.807) is 0 Å². The van der Waals surface area contributed by atoms with Gasteiger partial charge < -0.3 is 4.90 Å². The van der Waals surface area contributed by atoms with Crippen molar-refractivity contribution in [2.45, 2.75) is 26.8 Å². The highest BCUT2D eigenvalue weighted by atomic mass is 15.3. The van der Waals surface area contributed by atoms with Crippen LogP contribution in [-0.2, 0) is 0 Å². The van der Waals surface area contributed by atoms with E-state index >= 15 is 0 Å². The third kappa shape index (κ3) is 2.72. The van der Waals surface area contributed by atoms with E-state index in [2.05, 4.69) is 35.7 Å². The molecule has 4 heteroatoms. The monoisotopic (exact) mass is 168 g/mol. The van der Waals surface area contributed by atoms with Crippen molar-refractivity contribution in [3.8, 4) is 0 Å². The highest BCUT2D eigenvalue weighted by molar-refractivity contribution is 4.87. The van der Waals surface area contributed by atoms with Gasteiger partial charge in [-0.05, 0) is 10.9 Å². The van der Waals surface area contributed by atoms with Gasteiger partial charge in [-0.25, -0.2) is 0 Å². The van der Waals surface area contributed by atoms with Gasteiger partial charge in [0.15, 0.2) is 0 Å². The van der Waals surface area contributed by atoms with Crippen LogP contribution in [0.2, 0.25) is 0 Å². The first kappa shape index (κ1) is 9.36. The summed E-state index contributed by atoms with van der Waals surface area (Å²) in [5.74, 6) is 0. The van der Waals surface area contributed by atoms with Crippen molar-refractivity contribution in [1.82, 2.24) is 4.90 Å². The first-order chi connectivity index (χ1) is 5.51. The fraction of sp³-hybridized carbons (Fsp3) is 1.00. The lowest BCUT2D eigenvalue weighted by molar-refractivity contribution is 0.104. The van der Waals surface area contributed by atoms with Crippen LogP contribution in [0.15, 0.2) is 5.11 Å². The van der Waals surface area contributed by atoms with Crippen molar-refractivity contribution >= 4 is 0 Å². The normalized spacial score (nSPS) is 19.9. The molecule has 0 aliphatic carbocycles. The van der Waals surface area contributed by atoms with Crippen molar-refractivity contribution in [2.75, 3.05) is 19.6 Å². The second kappa shape index (κ2) is 3.33. The molecule has 1 aliphatic rings. The fourth-order valence-electron chi connectivity index (χ4n) is 1.49. The van der Waals surface area contributed by atoms with Gasteiger partial charge in [0.1, 0.15) is 0 Å². The summed E-state index contributed by atoms with van der Waals surface area (Å²) in [6.45, 7) is 9.60. The van der Waals surface area contributed by atoms with Crippen molar-refractivity contribution < 1.29 is 0 Å². The maximum atomic E-state index is 8.16. The van der Waals surface area contributed by atoms with E-state index in [1.165, 1.54) is 0 Å². The average molecular weight is 168 g/mol. The summed E-state index contributed by atoms with van der Waals surface area (Å²) in [7, 11) is 0. The molecule has 0 spiro atoms. The van der Waals surface area contributed by atoms with E-state index in [0.717, 1.165) is 19.6 Å². The standard InChI is InChI=1S/C8H16N4/c1-8(2,3)6-12-4-7(5-12)10-11-9/h7H,4-6H2,1-3H3. The van der Waals surface area contributed by atoms with Gasteiger partial charge >= 0.3 is 0 Å². The average Bonchev–Trinajstić information content (AvgIpc) is 1.80. The summed E-state index contributed by atoms with van der Waals surface area (Å²) in [4.78, 5) is 5.11. The maximum absolute atomic E-state index is 8.16. The SMILES string of the molecule is CC(C)(C)CN1CC(N=[N+]=[N-])C1. The van der Waals surface area contributed by atoms with Gasteiger partial charge in [0.25, 0.3) is 0 Å². The molecule has 4 nitrogen and oxygen atoms in total. The summed E-state index contributed by atoms with van der Waals surface area (Å²) >= 11 is 0. The lowest BCUT2D eigenvalue weighted by Gasteiger charge is -2.40. The van der Waals surface area contributed by atoms with Gasteiger partial charge in [-0.2, -0.15) is 0 Å². The van der Waals surface area contributed by atoms with Gasteiger partial charge in [-0.15, -0.1) is 0 Å². The van der Waals surface area contributed by atoms with Crippen LogP contribution < -0.4 is 0 Å². The maximum Gasteiger partial charge on any atom is 0.0628 e. The molecule has 0 saturated carbocycles. The number of hydrogen-bond donors (Lipinski definition) is 0. The molecule has 0 amide bonds. The molecule has 1 saturated heterocycles. The Hall–Kier alpha value is -0.730. The summed E-state index contributed by atoms with van der Waals surface area (Å²) in [5.41, 5.74) is 8.51. The smallest absolute Gasteiger partial charge is 0.0628 e. The number of nitrogens with zero attached hydrogens (tertiary/aromatic N) is 4. The third-order valence-electron chi connectivity index (χ3n) is 1.85. The van der Waals surface area contributed by atoms with Crippen LogP contribution in [0.5, 0.6) is 0 Å². The summed E-state index contributed by atoms with van der Waals surface area (Å²) in [5, 5.41) is 3.65. The zero-order valence-corrected chi connectivity index (χ0v) is 7.99. The van der Waals surface area contributed by atoms with Crippen LogP contribution in [-0.4, -0.2) is 30.6 Å². The van der Waals surface area contributed by atoms with Crippen molar-refractivity contribution in [3.05, 3.63) is 10.4 Å². The Balaban J connectivity index is 2.22. The van der Waals surface area contributed by atoms with E-state index in [9.17, 15) is 0 Å². The predicted octanol–water partition coefficient (Wildman–Crippen LogP) is 2.03. The Morgan fingerprint density at radius 1 is 1.50 bits per heavy atom. The molecule has 0 aromatic carbocycles. The molecule has 1 rings (SSSR count). The molecule has 0 N–H and O–H groups in total. The zero-order valence-electron chi connectivity index (χ0n) is 7.99. The Morgan fingerprint density at radius 2 is 2.08 bits per heavy atom. The van der Waals surface area contributed by atoms with E-state index < -0.39 is 0 Å². The van der Waals surface area contributed by atoms with Crippen molar-refractivity contribution in [3.63, 3.8) is 0 Å². The molecule has 1 aliphatic heterocycles. The number of rotatable bonds is 2. The van der Waals surface area contributed by atoms with Gasteiger partial charge in [-0.1, -0.05) is 25.9 Å². The molecule has 1 fully saturated rings. The topological polar surface area (TPSA) is 52.0 Å². The highest BCUT2D eigenvalue weighted by Gasteiger charge is 2.28. The first-order valence-corrected chi connectivity index (χ1v) is 4.28. The number of hydrogen-bond acceptors (Lipinski definition) is 2. The van der Waals surface area contributed by atoms with Gasteiger partial charge in [0.2, 0.25) is 0 Å². The molecular weight excluding hydrogens is 152 g/mol. The van der Waals surface area contributed by atoms with Crippen molar-refractivity contribution in [2.24, 2.45) is 10.5 Å². The molecule has 0 radical (unpaired) electrons. The molecule has 0 bridgehead atoms. The van der Waals surface area contributed by atoms with Gasteiger partial charge in [0.05, 0.1) is 6.04 Å². The van der Waals surface area contributed by atoms with Crippen LogP contribution in [0.3, 0.4) is 0 Å². The predicted molar refractivity (Wildman–Crippen MR) is 48.8 cm³/mol. The molecule has 0 atom stereocenters. The minimum atomic E-state index is 0.220. The number of likely N-dealkylation sites (tertiary alicyclic amines) is 1. The Kier molecular flexibility index (Phi) is 2.60. The third-order valence-corrected chi connectivity index (χ3v) is 1.85. The van der Waals surface area contributed by atoms with E-state index in [1.807, 2.05) is 0 Å². The summed E-state index contributed by atoms with van der Waals surface area (Å²) in [6, 6.07) is 0.220. The lowest BCUT2D eigenvalue weighted by Crippen LogP contribution is -2.52. The molecule has 12 heavy (non-hydrogen) atoms. The molecule has 68 valence electrons. The highest BCUT2D eigenvalue weighted by Crippen LogP contribution is 2.20. The minimum Gasteiger partial charge on any atom is -0.302 e.